The van der Waals surface area contributed by atoms with Gasteiger partial charge in [0.1, 0.15) is 0 Å². The molecule has 4 aliphatic rings. The van der Waals surface area contributed by atoms with Gasteiger partial charge in [-0.2, -0.15) is 0 Å². The molecule has 3 nitrogen and oxygen atoms in total. The topological polar surface area (TPSA) is 29.5 Å². The van der Waals surface area contributed by atoms with Crippen LogP contribution >= 0.6 is 11.8 Å². The molecule has 21 heavy (non-hydrogen) atoms. The summed E-state index contributed by atoms with van der Waals surface area (Å²) in [5.74, 6) is 3.36. The number of ether oxygens (including phenoxy) is 1. The van der Waals surface area contributed by atoms with Crippen molar-refractivity contribution in [2.75, 3.05) is 25.4 Å². The average Bonchev–Trinajstić information content (AvgIpc) is 2.87. The summed E-state index contributed by atoms with van der Waals surface area (Å²) in [6.07, 6.45) is 8.24. The molecule has 0 aromatic rings. The minimum atomic E-state index is 0.341. The molecule has 1 amide bonds. The van der Waals surface area contributed by atoms with E-state index in [0.29, 0.717) is 28.6 Å². The maximum absolute atomic E-state index is 12.2. The Morgan fingerprint density at radius 1 is 1.33 bits per heavy atom. The van der Waals surface area contributed by atoms with Crippen LogP contribution in [-0.4, -0.2) is 47.1 Å². The molecule has 0 bridgehead atoms. The van der Waals surface area contributed by atoms with Crippen LogP contribution in [0.15, 0.2) is 0 Å². The normalized spacial score (nSPS) is 38.0. The summed E-state index contributed by atoms with van der Waals surface area (Å²) in [4.78, 5) is 14.3. The first-order chi connectivity index (χ1) is 10.2. The van der Waals surface area contributed by atoms with Gasteiger partial charge in [0.2, 0.25) is 5.91 Å². The van der Waals surface area contributed by atoms with Gasteiger partial charge in [-0.1, -0.05) is 19.8 Å². The number of likely N-dealkylation sites (tertiary alicyclic amines) is 1. The second-order valence-electron chi connectivity index (χ2n) is 7.82. The van der Waals surface area contributed by atoms with Gasteiger partial charge >= 0.3 is 0 Å². The first kappa shape index (κ1) is 14.4. The molecular formula is C17H27NO2S. The van der Waals surface area contributed by atoms with Gasteiger partial charge in [-0.15, -0.1) is 11.8 Å². The molecule has 2 heterocycles. The second-order valence-corrected chi connectivity index (χ2v) is 9.31. The molecule has 118 valence electrons. The zero-order valence-corrected chi connectivity index (χ0v) is 13.9. The van der Waals surface area contributed by atoms with E-state index in [2.05, 4.69) is 23.6 Å². The van der Waals surface area contributed by atoms with Crippen molar-refractivity contribution < 1.29 is 9.53 Å². The van der Waals surface area contributed by atoms with Crippen LogP contribution in [0.2, 0.25) is 0 Å². The highest BCUT2D eigenvalue weighted by Gasteiger charge is 2.53. The van der Waals surface area contributed by atoms with E-state index >= 15 is 0 Å². The van der Waals surface area contributed by atoms with Crippen LogP contribution < -0.4 is 0 Å². The number of rotatable bonds is 4. The Bertz CT molecular complexity index is 415. The Balaban J connectivity index is 1.21. The van der Waals surface area contributed by atoms with Crippen molar-refractivity contribution in [2.24, 2.45) is 17.8 Å². The summed E-state index contributed by atoms with van der Waals surface area (Å²) in [5, 5.41) is 0. The van der Waals surface area contributed by atoms with Crippen molar-refractivity contribution in [3.63, 3.8) is 0 Å². The van der Waals surface area contributed by atoms with Gasteiger partial charge in [0.25, 0.3) is 0 Å². The predicted molar refractivity (Wildman–Crippen MR) is 85.4 cm³/mol. The lowest BCUT2D eigenvalue weighted by molar-refractivity contribution is -0.138. The molecule has 4 rings (SSSR count). The Labute approximate surface area is 132 Å². The van der Waals surface area contributed by atoms with Crippen molar-refractivity contribution >= 4 is 17.7 Å². The molecule has 2 aliphatic heterocycles. The quantitative estimate of drug-likeness (QED) is 0.799. The van der Waals surface area contributed by atoms with E-state index in [4.69, 9.17) is 4.74 Å². The van der Waals surface area contributed by atoms with Gasteiger partial charge < -0.3 is 9.64 Å². The molecule has 1 spiro atoms. The fraction of sp³-hybridized carbons (Fsp3) is 0.941. The Kier molecular flexibility index (Phi) is 3.73. The number of carbonyl (C=O) groups excluding carboxylic acids is 1. The van der Waals surface area contributed by atoms with Gasteiger partial charge in [0.15, 0.2) is 0 Å². The van der Waals surface area contributed by atoms with Crippen molar-refractivity contribution in [1.29, 1.82) is 0 Å². The molecule has 0 unspecified atom stereocenters. The van der Waals surface area contributed by atoms with Crippen LogP contribution in [0, 0.1) is 17.8 Å². The lowest BCUT2D eigenvalue weighted by atomic mass is 9.92. The van der Waals surface area contributed by atoms with Crippen molar-refractivity contribution in [3.05, 3.63) is 0 Å². The van der Waals surface area contributed by atoms with E-state index in [0.717, 1.165) is 44.2 Å². The molecule has 4 heteroatoms. The summed E-state index contributed by atoms with van der Waals surface area (Å²) in [5.41, 5.74) is 0. The average molecular weight is 309 g/mol. The minimum absolute atomic E-state index is 0.341. The maximum Gasteiger partial charge on any atom is 0.226 e. The van der Waals surface area contributed by atoms with Crippen LogP contribution in [0.25, 0.3) is 0 Å². The smallest absolute Gasteiger partial charge is 0.226 e. The van der Waals surface area contributed by atoms with E-state index < -0.39 is 0 Å². The first-order valence-corrected chi connectivity index (χ1v) is 9.68. The molecule has 2 aliphatic carbocycles. The molecule has 0 aromatic carbocycles. The summed E-state index contributed by atoms with van der Waals surface area (Å²) in [6, 6.07) is 0. The lowest BCUT2D eigenvalue weighted by Crippen LogP contribution is -2.61. The van der Waals surface area contributed by atoms with Crippen LogP contribution in [-0.2, 0) is 9.53 Å². The number of hydrogen-bond donors (Lipinski definition) is 0. The van der Waals surface area contributed by atoms with Gasteiger partial charge in [0.05, 0.1) is 10.9 Å². The fourth-order valence-electron chi connectivity index (χ4n) is 4.29. The van der Waals surface area contributed by atoms with E-state index in [9.17, 15) is 4.79 Å². The summed E-state index contributed by atoms with van der Waals surface area (Å²) in [7, 11) is 0. The lowest BCUT2D eigenvalue weighted by Gasteiger charge is -2.47. The zero-order valence-electron chi connectivity index (χ0n) is 13.1. The number of carbonyl (C=O) groups is 1. The highest BCUT2D eigenvalue weighted by Crippen LogP contribution is 2.48. The highest BCUT2D eigenvalue weighted by atomic mass is 32.2. The van der Waals surface area contributed by atoms with E-state index in [1.165, 1.54) is 25.7 Å². The third-order valence-electron chi connectivity index (χ3n) is 5.91. The molecule has 3 atom stereocenters. The number of thioether (sulfide) groups is 1. The largest absolute Gasteiger partial charge is 0.377 e. The van der Waals surface area contributed by atoms with Crippen LogP contribution in [0.1, 0.15) is 45.4 Å². The molecule has 2 saturated heterocycles. The van der Waals surface area contributed by atoms with Gasteiger partial charge in [-0.25, -0.2) is 0 Å². The Hall–Kier alpha value is -0.220. The summed E-state index contributed by atoms with van der Waals surface area (Å²) < 4.78 is 6.51. The summed E-state index contributed by atoms with van der Waals surface area (Å²) in [6.45, 7) is 5.12. The number of nitrogens with zero attached hydrogens (tertiary/aromatic N) is 1. The maximum atomic E-state index is 12.2. The second kappa shape index (κ2) is 5.45. The minimum Gasteiger partial charge on any atom is -0.377 e. The number of hydrogen-bond acceptors (Lipinski definition) is 3. The van der Waals surface area contributed by atoms with E-state index in [1.54, 1.807) is 0 Å². The monoisotopic (exact) mass is 309 g/mol. The molecule has 2 saturated carbocycles. The molecule has 0 N–H and O–H groups in total. The predicted octanol–water partition coefficient (Wildman–Crippen LogP) is 2.94. The molecule has 0 aromatic heterocycles. The SMILES string of the molecule is C[C@@H]1C[C@@H]1C(=O)N1CC2(C[C@@H](OCC3CCCC3)CS2)C1. The van der Waals surface area contributed by atoms with Crippen LogP contribution in [0.5, 0.6) is 0 Å². The van der Waals surface area contributed by atoms with Gasteiger partial charge in [-0.3, -0.25) is 4.79 Å². The first-order valence-electron chi connectivity index (χ1n) is 8.70. The van der Waals surface area contributed by atoms with E-state index in [1.807, 2.05) is 0 Å². The Morgan fingerprint density at radius 2 is 2.05 bits per heavy atom. The molecule has 4 fully saturated rings. The summed E-state index contributed by atoms with van der Waals surface area (Å²) >= 11 is 2.06. The standard InChI is InChI=1S/C17H27NO2S/c1-12-6-15(12)16(19)18-10-17(11-18)7-14(9-21-17)20-8-13-4-2-3-5-13/h12-15H,2-11H2,1H3/t12-,14-,15+/m1/s1. The molecular weight excluding hydrogens is 282 g/mol. The van der Waals surface area contributed by atoms with E-state index in [-0.39, 0.29) is 0 Å². The third-order valence-corrected chi connectivity index (χ3v) is 7.49. The molecule has 0 radical (unpaired) electrons. The van der Waals surface area contributed by atoms with Crippen molar-refractivity contribution in [2.45, 2.75) is 56.3 Å². The zero-order chi connectivity index (χ0) is 14.4. The third kappa shape index (κ3) is 2.86. The van der Waals surface area contributed by atoms with Crippen LogP contribution in [0.3, 0.4) is 0 Å². The van der Waals surface area contributed by atoms with Crippen molar-refractivity contribution in [3.8, 4) is 0 Å². The van der Waals surface area contributed by atoms with Crippen LogP contribution in [0.4, 0.5) is 0 Å². The fourth-order valence-corrected chi connectivity index (χ4v) is 5.84. The van der Waals surface area contributed by atoms with Crippen molar-refractivity contribution in [1.82, 2.24) is 4.90 Å². The Morgan fingerprint density at radius 3 is 2.71 bits per heavy atom. The van der Waals surface area contributed by atoms with Gasteiger partial charge in [0, 0.05) is 31.4 Å². The highest BCUT2D eigenvalue weighted by molar-refractivity contribution is 8.01. The van der Waals surface area contributed by atoms with Gasteiger partial charge in [-0.05, 0) is 37.5 Å². The number of amides is 1.